The fourth-order valence-corrected chi connectivity index (χ4v) is 4.74. The SMILES string of the molecule is N#Cc1c(NC(=O)C(=O)N/N=C/c2cccc3ccccc23)sc2c1CCCC2. The first-order valence-electron chi connectivity index (χ1n) is 9.34. The van der Waals surface area contributed by atoms with E-state index in [0.29, 0.717) is 10.6 Å². The molecule has 0 atom stereocenters. The molecule has 0 spiro atoms. The molecule has 4 rings (SSSR count). The normalized spacial score (nSPS) is 13.1. The number of amides is 2. The molecule has 0 radical (unpaired) electrons. The van der Waals surface area contributed by atoms with Gasteiger partial charge in [0.15, 0.2) is 0 Å². The summed E-state index contributed by atoms with van der Waals surface area (Å²) >= 11 is 1.38. The Morgan fingerprint density at radius 1 is 1.07 bits per heavy atom. The van der Waals surface area contributed by atoms with E-state index in [1.807, 2.05) is 42.5 Å². The number of hydrogen-bond acceptors (Lipinski definition) is 5. The van der Waals surface area contributed by atoms with E-state index in [0.717, 1.165) is 52.5 Å². The van der Waals surface area contributed by atoms with Crippen LogP contribution in [0, 0.1) is 11.3 Å². The third-order valence-corrected chi connectivity index (χ3v) is 6.12. The van der Waals surface area contributed by atoms with Crippen LogP contribution in [0.15, 0.2) is 47.6 Å². The summed E-state index contributed by atoms with van der Waals surface area (Å²) in [5, 5.41) is 18.4. The van der Waals surface area contributed by atoms with Gasteiger partial charge in [-0.05, 0) is 42.0 Å². The highest BCUT2D eigenvalue weighted by atomic mass is 32.1. The van der Waals surface area contributed by atoms with Crippen molar-refractivity contribution in [3.05, 3.63) is 64.0 Å². The molecular weight excluding hydrogens is 384 g/mol. The largest absolute Gasteiger partial charge is 0.329 e. The lowest BCUT2D eigenvalue weighted by Gasteiger charge is -2.09. The second kappa shape index (κ2) is 8.25. The molecule has 0 aliphatic heterocycles. The summed E-state index contributed by atoms with van der Waals surface area (Å²) in [6.45, 7) is 0. The van der Waals surface area contributed by atoms with Gasteiger partial charge < -0.3 is 5.32 Å². The minimum Gasteiger partial charge on any atom is -0.308 e. The summed E-state index contributed by atoms with van der Waals surface area (Å²) in [5.41, 5.74) is 4.57. The second-order valence-corrected chi connectivity index (χ2v) is 7.85. The highest BCUT2D eigenvalue weighted by molar-refractivity contribution is 7.16. The van der Waals surface area contributed by atoms with Gasteiger partial charge in [0.1, 0.15) is 11.1 Å². The molecule has 1 heterocycles. The number of carbonyl (C=O) groups is 2. The van der Waals surface area contributed by atoms with Crippen LogP contribution in [-0.2, 0) is 22.4 Å². The molecule has 7 heteroatoms. The topological polar surface area (TPSA) is 94.4 Å². The smallest absolute Gasteiger partial charge is 0.308 e. The molecule has 2 aromatic carbocycles. The van der Waals surface area contributed by atoms with Gasteiger partial charge in [0.05, 0.1) is 11.8 Å². The first-order valence-corrected chi connectivity index (χ1v) is 10.2. The molecule has 6 nitrogen and oxygen atoms in total. The monoisotopic (exact) mass is 402 g/mol. The van der Waals surface area contributed by atoms with Crippen LogP contribution in [0.4, 0.5) is 5.00 Å². The predicted molar refractivity (Wildman–Crippen MR) is 114 cm³/mol. The molecule has 29 heavy (non-hydrogen) atoms. The number of thiophene rings is 1. The maximum atomic E-state index is 12.2. The van der Waals surface area contributed by atoms with Gasteiger partial charge in [-0.2, -0.15) is 10.4 Å². The van der Waals surface area contributed by atoms with Crippen molar-refractivity contribution in [2.45, 2.75) is 25.7 Å². The van der Waals surface area contributed by atoms with Crippen molar-refractivity contribution in [3.8, 4) is 6.07 Å². The van der Waals surface area contributed by atoms with E-state index >= 15 is 0 Å². The molecule has 1 aliphatic carbocycles. The molecule has 3 aromatic rings. The van der Waals surface area contributed by atoms with Gasteiger partial charge in [-0.1, -0.05) is 42.5 Å². The molecule has 1 aliphatic rings. The number of hydrazone groups is 1. The number of fused-ring (bicyclic) bond motifs is 2. The van der Waals surface area contributed by atoms with E-state index in [2.05, 4.69) is 21.9 Å². The number of nitriles is 1. The van der Waals surface area contributed by atoms with Crippen LogP contribution >= 0.6 is 11.3 Å². The van der Waals surface area contributed by atoms with Gasteiger partial charge in [-0.15, -0.1) is 11.3 Å². The maximum absolute atomic E-state index is 12.2. The summed E-state index contributed by atoms with van der Waals surface area (Å²) in [7, 11) is 0. The predicted octanol–water partition coefficient (Wildman–Crippen LogP) is 3.74. The molecule has 2 N–H and O–H groups in total. The number of nitrogens with one attached hydrogen (secondary N) is 2. The molecule has 0 bridgehead atoms. The van der Waals surface area contributed by atoms with Gasteiger partial charge in [-0.3, -0.25) is 9.59 Å². The molecule has 0 unspecified atom stereocenters. The molecular formula is C22H18N4O2S. The fraction of sp³-hybridized carbons (Fsp3) is 0.182. The van der Waals surface area contributed by atoms with Crippen molar-refractivity contribution in [2.75, 3.05) is 5.32 Å². The molecule has 0 fully saturated rings. The Morgan fingerprint density at radius 2 is 1.86 bits per heavy atom. The minimum absolute atomic E-state index is 0.442. The zero-order chi connectivity index (χ0) is 20.2. The number of anilines is 1. The zero-order valence-electron chi connectivity index (χ0n) is 15.6. The molecule has 144 valence electrons. The third-order valence-electron chi connectivity index (χ3n) is 4.91. The Kier molecular flexibility index (Phi) is 5.36. The van der Waals surface area contributed by atoms with Crippen LogP contribution < -0.4 is 10.7 Å². The summed E-state index contributed by atoms with van der Waals surface area (Å²) in [6.07, 6.45) is 5.38. The van der Waals surface area contributed by atoms with Crippen LogP contribution in [-0.4, -0.2) is 18.0 Å². The van der Waals surface area contributed by atoms with Crippen LogP contribution in [0.25, 0.3) is 10.8 Å². The van der Waals surface area contributed by atoms with Crippen molar-refractivity contribution in [1.82, 2.24) is 5.43 Å². The number of benzene rings is 2. The van der Waals surface area contributed by atoms with Crippen LogP contribution in [0.3, 0.4) is 0 Å². The number of carbonyl (C=O) groups excluding carboxylic acids is 2. The summed E-state index contributed by atoms with van der Waals surface area (Å²) in [5.74, 6) is -1.72. The fourth-order valence-electron chi connectivity index (χ4n) is 3.51. The van der Waals surface area contributed by atoms with Crippen molar-refractivity contribution < 1.29 is 9.59 Å². The van der Waals surface area contributed by atoms with Crippen molar-refractivity contribution in [3.63, 3.8) is 0 Å². The highest BCUT2D eigenvalue weighted by Crippen LogP contribution is 2.37. The Balaban J connectivity index is 1.44. The first kappa shape index (κ1) is 18.8. The van der Waals surface area contributed by atoms with Crippen LogP contribution in [0.2, 0.25) is 0 Å². The quantitative estimate of drug-likeness (QED) is 0.397. The van der Waals surface area contributed by atoms with Gasteiger partial charge in [0.2, 0.25) is 0 Å². The van der Waals surface area contributed by atoms with Crippen LogP contribution in [0.1, 0.15) is 34.4 Å². The van der Waals surface area contributed by atoms with Gasteiger partial charge in [0.25, 0.3) is 0 Å². The Bertz CT molecular complexity index is 1170. The second-order valence-electron chi connectivity index (χ2n) is 6.75. The number of aryl methyl sites for hydroxylation is 1. The van der Waals surface area contributed by atoms with Gasteiger partial charge in [0, 0.05) is 10.4 Å². The molecule has 0 saturated heterocycles. The summed E-state index contributed by atoms with van der Waals surface area (Å²) in [6, 6.07) is 15.8. The Hall–Kier alpha value is -3.50. The molecule has 0 saturated carbocycles. The zero-order valence-corrected chi connectivity index (χ0v) is 16.4. The Morgan fingerprint density at radius 3 is 2.72 bits per heavy atom. The van der Waals surface area contributed by atoms with Gasteiger partial charge in [-0.25, -0.2) is 5.43 Å². The number of rotatable bonds is 3. The lowest BCUT2D eigenvalue weighted by atomic mass is 9.96. The van der Waals surface area contributed by atoms with E-state index in [1.54, 1.807) is 0 Å². The molecule has 1 aromatic heterocycles. The van der Waals surface area contributed by atoms with Crippen molar-refractivity contribution in [1.29, 1.82) is 5.26 Å². The average Bonchev–Trinajstić information content (AvgIpc) is 3.10. The third kappa shape index (κ3) is 3.89. The lowest BCUT2D eigenvalue weighted by Crippen LogP contribution is -2.32. The highest BCUT2D eigenvalue weighted by Gasteiger charge is 2.23. The van der Waals surface area contributed by atoms with Crippen molar-refractivity contribution in [2.24, 2.45) is 5.10 Å². The van der Waals surface area contributed by atoms with Gasteiger partial charge >= 0.3 is 11.8 Å². The Labute approximate surface area is 171 Å². The van der Waals surface area contributed by atoms with E-state index in [-0.39, 0.29) is 0 Å². The molecule has 2 amide bonds. The average molecular weight is 402 g/mol. The first-order chi connectivity index (χ1) is 14.2. The van der Waals surface area contributed by atoms with E-state index in [1.165, 1.54) is 17.6 Å². The lowest BCUT2D eigenvalue weighted by molar-refractivity contribution is -0.136. The van der Waals surface area contributed by atoms with E-state index < -0.39 is 11.8 Å². The minimum atomic E-state index is -0.878. The summed E-state index contributed by atoms with van der Waals surface area (Å²) < 4.78 is 0. The number of nitrogens with zero attached hydrogens (tertiary/aromatic N) is 2. The van der Waals surface area contributed by atoms with E-state index in [4.69, 9.17) is 0 Å². The maximum Gasteiger partial charge on any atom is 0.329 e. The van der Waals surface area contributed by atoms with Crippen LogP contribution in [0.5, 0.6) is 0 Å². The standard InChI is InChI=1S/C22H18N4O2S/c23-12-18-17-10-3-4-11-19(17)29-22(18)25-20(27)21(28)26-24-13-15-8-5-7-14-6-1-2-9-16(14)15/h1-2,5-9,13H,3-4,10-11H2,(H,25,27)(H,26,28)/b24-13+. The number of hydrogen-bond donors (Lipinski definition) is 2. The van der Waals surface area contributed by atoms with E-state index in [9.17, 15) is 14.9 Å². The summed E-state index contributed by atoms with van der Waals surface area (Å²) in [4.78, 5) is 25.5. The van der Waals surface area contributed by atoms with Crippen molar-refractivity contribution >= 4 is 45.1 Å².